The van der Waals surface area contributed by atoms with Crippen LogP contribution in [0.15, 0.2) is 42.6 Å². The van der Waals surface area contributed by atoms with Crippen molar-refractivity contribution < 1.29 is 14.4 Å². The van der Waals surface area contributed by atoms with Crippen LogP contribution in [0.3, 0.4) is 0 Å². The van der Waals surface area contributed by atoms with Crippen LogP contribution in [0.2, 0.25) is 5.02 Å². The third-order valence-electron chi connectivity index (χ3n) is 3.43. The Morgan fingerprint density at radius 2 is 2.04 bits per heavy atom. The summed E-state index contributed by atoms with van der Waals surface area (Å²) in [4.78, 5) is 40.5. The standard InChI is InChI=1S/C16H13ClN4O3/c17-9-5-6-18-13(7-9)21-14(22)8-12-16(24)19-11-4-2-1-3-10(11)15(23)20-12/h1-7,12H,8H2,(H,19,24)(H,20,23)(H,18,21,22). The fraction of sp³-hybridized carbons (Fsp3) is 0.125. The number of aromatic nitrogens is 1. The summed E-state index contributed by atoms with van der Waals surface area (Å²) in [5.41, 5.74) is 0.768. The number of hydrogen-bond acceptors (Lipinski definition) is 4. The van der Waals surface area contributed by atoms with Crippen LogP contribution < -0.4 is 16.0 Å². The Labute approximate surface area is 142 Å². The molecule has 0 bridgehead atoms. The van der Waals surface area contributed by atoms with Crippen LogP contribution in [0.4, 0.5) is 11.5 Å². The fourth-order valence-corrected chi connectivity index (χ4v) is 2.47. The normalized spacial score (nSPS) is 16.5. The predicted molar refractivity (Wildman–Crippen MR) is 88.8 cm³/mol. The molecule has 0 radical (unpaired) electrons. The molecule has 8 heteroatoms. The van der Waals surface area contributed by atoms with Crippen LogP contribution in [-0.4, -0.2) is 28.7 Å². The van der Waals surface area contributed by atoms with Gasteiger partial charge in [-0.2, -0.15) is 0 Å². The maximum Gasteiger partial charge on any atom is 0.254 e. The van der Waals surface area contributed by atoms with E-state index in [1.54, 1.807) is 30.3 Å². The van der Waals surface area contributed by atoms with Crippen LogP contribution in [0.5, 0.6) is 0 Å². The Kier molecular flexibility index (Phi) is 4.43. The molecule has 0 fully saturated rings. The molecule has 1 aromatic carbocycles. The molecule has 1 atom stereocenters. The molecule has 1 aromatic heterocycles. The topological polar surface area (TPSA) is 100 Å². The molecule has 7 nitrogen and oxygen atoms in total. The number of nitrogens with one attached hydrogen (secondary N) is 3. The number of rotatable bonds is 3. The van der Waals surface area contributed by atoms with Gasteiger partial charge >= 0.3 is 0 Å². The first-order valence-corrected chi connectivity index (χ1v) is 7.53. The van der Waals surface area contributed by atoms with Crippen molar-refractivity contribution in [2.75, 3.05) is 10.6 Å². The second-order valence-electron chi connectivity index (χ2n) is 5.17. The van der Waals surface area contributed by atoms with Gasteiger partial charge in [0.05, 0.1) is 17.7 Å². The molecule has 0 saturated carbocycles. The summed E-state index contributed by atoms with van der Waals surface area (Å²) in [6.45, 7) is 0. The minimum Gasteiger partial charge on any atom is -0.340 e. The van der Waals surface area contributed by atoms with Gasteiger partial charge in [0.2, 0.25) is 11.8 Å². The number of nitrogens with zero attached hydrogens (tertiary/aromatic N) is 1. The number of pyridine rings is 1. The highest BCUT2D eigenvalue weighted by Crippen LogP contribution is 2.19. The molecule has 1 aliphatic heterocycles. The first-order chi connectivity index (χ1) is 11.5. The van der Waals surface area contributed by atoms with Crippen LogP contribution in [0.1, 0.15) is 16.8 Å². The number of para-hydroxylation sites is 1. The lowest BCUT2D eigenvalue weighted by atomic mass is 10.1. The van der Waals surface area contributed by atoms with Gasteiger partial charge in [-0.25, -0.2) is 4.98 Å². The van der Waals surface area contributed by atoms with E-state index in [4.69, 9.17) is 11.6 Å². The average Bonchev–Trinajstić information content (AvgIpc) is 2.65. The van der Waals surface area contributed by atoms with Crippen molar-refractivity contribution in [3.8, 4) is 0 Å². The number of amides is 3. The zero-order chi connectivity index (χ0) is 17.1. The summed E-state index contributed by atoms with van der Waals surface area (Å²) in [5, 5.41) is 8.17. The number of hydrogen-bond donors (Lipinski definition) is 3. The number of carbonyl (C=O) groups is 3. The van der Waals surface area contributed by atoms with E-state index in [1.165, 1.54) is 12.3 Å². The van der Waals surface area contributed by atoms with Gasteiger partial charge in [-0.1, -0.05) is 23.7 Å². The number of halogens is 1. The first kappa shape index (κ1) is 15.9. The highest BCUT2D eigenvalue weighted by atomic mass is 35.5. The monoisotopic (exact) mass is 344 g/mol. The zero-order valence-electron chi connectivity index (χ0n) is 12.4. The quantitative estimate of drug-likeness (QED) is 0.790. The molecule has 2 aromatic rings. The third kappa shape index (κ3) is 3.52. The molecule has 24 heavy (non-hydrogen) atoms. The SMILES string of the molecule is O=C(CC1NC(=O)c2ccccc2NC1=O)Nc1cc(Cl)ccn1. The van der Waals surface area contributed by atoms with E-state index in [1.807, 2.05) is 0 Å². The summed E-state index contributed by atoms with van der Waals surface area (Å²) >= 11 is 5.82. The van der Waals surface area contributed by atoms with Gasteiger partial charge in [0, 0.05) is 11.2 Å². The maximum atomic E-state index is 12.2. The van der Waals surface area contributed by atoms with Crippen molar-refractivity contribution in [1.29, 1.82) is 0 Å². The van der Waals surface area contributed by atoms with Crippen LogP contribution in [-0.2, 0) is 9.59 Å². The Bertz CT molecular complexity index is 824. The van der Waals surface area contributed by atoms with Gasteiger partial charge in [-0.15, -0.1) is 0 Å². The maximum absolute atomic E-state index is 12.2. The van der Waals surface area contributed by atoms with Crippen LogP contribution in [0, 0.1) is 0 Å². The van der Waals surface area contributed by atoms with Gasteiger partial charge in [0.25, 0.3) is 5.91 Å². The van der Waals surface area contributed by atoms with Crippen molar-refractivity contribution in [3.63, 3.8) is 0 Å². The molecule has 0 spiro atoms. The Morgan fingerprint density at radius 3 is 2.83 bits per heavy atom. The predicted octanol–water partition coefficient (Wildman–Crippen LogP) is 1.81. The van der Waals surface area contributed by atoms with E-state index in [-0.39, 0.29) is 12.2 Å². The van der Waals surface area contributed by atoms with E-state index in [0.717, 1.165) is 0 Å². The highest BCUT2D eigenvalue weighted by molar-refractivity contribution is 6.30. The van der Waals surface area contributed by atoms with Crippen molar-refractivity contribution in [2.24, 2.45) is 0 Å². The molecule has 3 N–H and O–H groups in total. The molecular formula is C16H13ClN4O3. The summed E-state index contributed by atoms with van der Waals surface area (Å²) in [7, 11) is 0. The molecular weight excluding hydrogens is 332 g/mol. The Hall–Kier alpha value is -2.93. The number of carbonyl (C=O) groups excluding carboxylic acids is 3. The summed E-state index contributed by atoms with van der Waals surface area (Å²) in [6.07, 6.45) is 1.23. The molecule has 1 aliphatic rings. The molecule has 2 heterocycles. The first-order valence-electron chi connectivity index (χ1n) is 7.15. The van der Waals surface area contributed by atoms with Crippen molar-refractivity contribution in [2.45, 2.75) is 12.5 Å². The summed E-state index contributed by atoms with van der Waals surface area (Å²) in [5.74, 6) is -1.06. The van der Waals surface area contributed by atoms with Gasteiger partial charge in [0.1, 0.15) is 11.9 Å². The van der Waals surface area contributed by atoms with E-state index < -0.39 is 23.8 Å². The minimum absolute atomic E-state index is 0.222. The smallest absolute Gasteiger partial charge is 0.254 e. The molecule has 0 aliphatic carbocycles. The van der Waals surface area contributed by atoms with E-state index in [2.05, 4.69) is 20.9 Å². The lowest BCUT2D eigenvalue weighted by molar-refractivity contribution is -0.122. The zero-order valence-corrected chi connectivity index (χ0v) is 13.1. The third-order valence-corrected chi connectivity index (χ3v) is 3.67. The van der Waals surface area contributed by atoms with Crippen molar-refractivity contribution in [3.05, 3.63) is 53.2 Å². The number of fused-ring (bicyclic) bond motifs is 1. The minimum atomic E-state index is -0.982. The molecule has 3 amide bonds. The van der Waals surface area contributed by atoms with Crippen molar-refractivity contribution in [1.82, 2.24) is 10.3 Å². The summed E-state index contributed by atoms with van der Waals surface area (Å²) in [6, 6.07) is 8.72. The second-order valence-corrected chi connectivity index (χ2v) is 5.61. The number of anilines is 2. The van der Waals surface area contributed by atoms with E-state index in [0.29, 0.717) is 16.3 Å². The number of benzene rings is 1. The van der Waals surface area contributed by atoms with Gasteiger partial charge in [-0.05, 0) is 24.3 Å². The van der Waals surface area contributed by atoms with Gasteiger partial charge in [0.15, 0.2) is 0 Å². The lowest BCUT2D eigenvalue weighted by Crippen LogP contribution is -2.43. The molecule has 0 saturated heterocycles. The van der Waals surface area contributed by atoms with Crippen LogP contribution >= 0.6 is 11.6 Å². The van der Waals surface area contributed by atoms with Gasteiger partial charge < -0.3 is 16.0 Å². The Balaban J connectivity index is 1.70. The molecule has 1 unspecified atom stereocenters. The van der Waals surface area contributed by atoms with E-state index in [9.17, 15) is 14.4 Å². The van der Waals surface area contributed by atoms with Crippen molar-refractivity contribution >= 4 is 40.8 Å². The van der Waals surface area contributed by atoms with Gasteiger partial charge in [-0.3, -0.25) is 14.4 Å². The second kappa shape index (κ2) is 6.67. The highest BCUT2D eigenvalue weighted by Gasteiger charge is 2.29. The summed E-state index contributed by atoms with van der Waals surface area (Å²) < 4.78 is 0. The fourth-order valence-electron chi connectivity index (χ4n) is 2.31. The lowest BCUT2D eigenvalue weighted by Gasteiger charge is -2.14. The Morgan fingerprint density at radius 1 is 1.25 bits per heavy atom. The van der Waals surface area contributed by atoms with Crippen LogP contribution in [0.25, 0.3) is 0 Å². The largest absolute Gasteiger partial charge is 0.340 e. The average molecular weight is 345 g/mol. The molecule has 122 valence electrons. The van der Waals surface area contributed by atoms with E-state index >= 15 is 0 Å². The molecule has 3 rings (SSSR count).